The van der Waals surface area contributed by atoms with E-state index in [1.54, 1.807) is 72.7 Å². The molecule has 3 rings (SSSR count). The molecule has 31 heavy (non-hydrogen) atoms. The zero-order chi connectivity index (χ0) is 22.2. The van der Waals surface area contributed by atoms with Crippen LogP contribution < -0.4 is 20.1 Å². The summed E-state index contributed by atoms with van der Waals surface area (Å²) in [6.07, 6.45) is 0. The molecule has 7 heteroatoms. The van der Waals surface area contributed by atoms with E-state index in [0.29, 0.717) is 28.4 Å². The Morgan fingerprint density at radius 1 is 0.774 bits per heavy atom. The van der Waals surface area contributed by atoms with Crippen LogP contribution >= 0.6 is 0 Å². The lowest BCUT2D eigenvalue weighted by Crippen LogP contribution is -2.27. The van der Waals surface area contributed by atoms with Crippen LogP contribution in [-0.2, 0) is 4.79 Å². The van der Waals surface area contributed by atoms with Crippen LogP contribution in [0, 0.1) is 0 Å². The van der Waals surface area contributed by atoms with E-state index < -0.39 is 0 Å². The van der Waals surface area contributed by atoms with Crippen molar-refractivity contribution in [1.29, 1.82) is 0 Å². The lowest BCUT2D eigenvalue weighted by atomic mass is 10.2. The maximum atomic E-state index is 12.7. The Hall–Kier alpha value is -3.84. The number of benzene rings is 3. The number of hydrogen-bond donors (Lipinski definition) is 2. The lowest BCUT2D eigenvalue weighted by Gasteiger charge is -2.14. The van der Waals surface area contributed by atoms with E-state index in [4.69, 9.17) is 9.47 Å². The molecule has 3 aromatic carbocycles. The number of methoxy groups -OCH3 is 1. The quantitative estimate of drug-likeness (QED) is 0.571. The molecule has 0 radical (unpaired) electrons. The van der Waals surface area contributed by atoms with E-state index in [-0.39, 0.29) is 18.4 Å². The van der Waals surface area contributed by atoms with Crippen molar-refractivity contribution in [3.05, 3.63) is 78.4 Å². The Morgan fingerprint density at radius 3 is 1.84 bits per heavy atom. The highest BCUT2D eigenvalue weighted by Crippen LogP contribution is 2.25. The molecule has 0 aliphatic carbocycles. The van der Waals surface area contributed by atoms with Gasteiger partial charge in [0, 0.05) is 5.56 Å². The second-order valence-corrected chi connectivity index (χ2v) is 7.09. The van der Waals surface area contributed by atoms with Gasteiger partial charge in [0.2, 0.25) is 5.91 Å². The highest BCUT2D eigenvalue weighted by molar-refractivity contribution is 6.07. The molecule has 0 saturated carbocycles. The minimum Gasteiger partial charge on any atom is -0.497 e. The number of ether oxygens (including phenoxy) is 2. The van der Waals surface area contributed by atoms with Crippen molar-refractivity contribution in [2.45, 2.75) is 0 Å². The first-order chi connectivity index (χ1) is 14.9. The molecule has 160 valence electrons. The van der Waals surface area contributed by atoms with E-state index in [1.165, 1.54) is 0 Å². The summed E-state index contributed by atoms with van der Waals surface area (Å²) >= 11 is 0. The molecule has 0 aromatic heterocycles. The summed E-state index contributed by atoms with van der Waals surface area (Å²) in [6.45, 7) is 0.248. The lowest BCUT2D eigenvalue weighted by molar-refractivity contribution is -0.116. The van der Waals surface area contributed by atoms with Gasteiger partial charge in [0.05, 0.1) is 25.0 Å². The minimum absolute atomic E-state index is 0.160. The monoisotopic (exact) mass is 419 g/mol. The Morgan fingerprint density at radius 2 is 1.29 bits per heavy atom. The summed E-state index contributed by atoms with van der Waals surface area (Å²) in [5.74, 6) is 1.58. The van der Waals surface area contributed by atoms with Gasteiger partial charge in [-0.25, -0.2) is 0 Å². The summed E-state index contributed by atoms with van der Waals surface area (Å²) < 4.78 is 10.9. The van der Waals surface area contributed by atoms with E-state index in [9.17, 15) is 9.59 Å². The predicted octanol–water partition coefficient (Wildman–Crippen LogP) is 4.24. The number of carbonyl (C=O) groups excluding carboxylic acids is 2. The number of para-hydroxylation sites is 2. The third-order valence-electron chi connectivity index (χ3n) is 4.32. The smallest absolute Gasteiger partial charge is 0.255 e. The normalized spacial score (nSPS) is 10.5. The minimum atomic E-state index is -0.287. The standard InChI is InChI=1S/C24H25N3O4/c1-27(2)16-23(28)25-21-6-4-5-7-22(21)26-24(29)17-8-10-19(11-9-17)31-20-14-12-18(30-3)13-15-20/h4-15H,16H2,1-3H3,(H,25,28)(H,26,29). The fraction of sp³-hybridized carbons (Fsp3) is 0.167. The van der Waals surface area contributed by atoms with Crippen molar-refractivity contribution in [2.24, 2.45) is 0 Å². The van der Waals surface area contributed by atoms with Crippen molar-refractivity contribution in [3.8, 4) is 17.2 Å². The van der Waals surface area contributed by atoms with Gasteiger partial charge in [-0.05, 0) is 74.8 Å². The molecule has 2 N–H and O–H groups in total. The summed E-state index contributed by atoms with van der Waals surface area (Å²) in [7, 11) is 5.24. The number of nitrogens with zero attached hydrogens (tertiary/aromatic N) is 1. The van der Waals surface area contributed by atoms with Gasteiger partial charge in [-0.2, -0.15) is 0 Å². The van der Waals surface area contributed by atoms with Crippen LogP contribution in [0.4, 0.5) is 11.4 Å². The fourth-order valence-electron chi connectivity index (χ4n) is 2.83. The molecule has 7 nitrogen and oxygen atoms in total. The van der Waals surface area contributed by atoms with Gasteiger partial charge < -0.3 is 25.0 Å². The summed E-state index contributed by atoms with van der Waals surface area (Å²) in [5, 5.41) is 5.66. The van der Waals surface area contributed by atoms with Gasteiger partial charge in [-0.1, -0.05) is 12.1 Å². The average molecular weight is 419 g/mol. The highest BCUT2D eigenvalue weighted by atomic mass is 16.5. The van der Waals surface area contributed by atoms with E-state index in [0.717, 1.165) is 5.75 Å². The third-order valence-corrected chi connectivity index (χ3v) is 4.32. The number of amides is 2. The van der Waals surface area contributed by atoms with Crippen LogP contribution in [0.2, 0.25) is 0 Å². The van der Waals surface area contributed by atoms with Gasteiger partial charge in [0.25, 0.3) is 5.91 Å². The van der Waals surface area contributed by atoms with Gasteiger partial charge in [0.15, 0.2) is 0 Å². The van der Waals surface area contributed by atoms with Crippen LogP contribution in [0.1, 0.15) is 10.4 Å². The molecular weight excluding hydrogens is 394 g/mol. The first-order valence-corrected chi connectivity index (χ1v) is 9.71. The molecule has 0 saturated heterocycles. The summed E-state index contributed by atoms with van der Waals surface area (Å²) in [5.41, 5.74) is 1.54. The van der Waals surface area contributed by atoms with E-state index >= 15 is 0 Å². The Labute approximate surface area is 181 Å². The van der Waals surface area contributed by atoms with Crippen LogP contribution in [0.25, 0.3) is 0 Å². The first-order valence-electron chi connectivity index (χ1n) is 9.71. The largest absolute Gasteiger partial charge is 0.497 e. The maximum absolute atomic E-state index is 12.7. The molecule has 0 fully saturated rings. The number of rotatable bonds is 8. The van der Waals surface area contributed by atoms with Crippen molar-refractivity contribution < 1.29 is 19.1 Å². The van der Waals surface area contributed by atoms with Crippen LogP contribution in [0.3, 0.4) is 0 Å². The molecule has 0 aliphatic rings. The van der Waals surface area contributed by atoms with Crippen molar-refractivity contribution in [3.63, 3.8) is 0 Å². The van der Waals surface area contributed by atoms with Gasteiger partial charge in [-0.3, -0.25) is 9.59 Å². The molecule has 0 aliphatic heterocycles. The Kier molecular flexibility index (Phi) is 7.24. The molecular formula is C24H25N3O4. The average Bonchev–Trinajstić information content (AvgIpc) is 2.75. The van der Waals surface area contributed by atoms with Crippen LogP contribution in [0.5, 0.6) is 17.2 Å². The molecule has 0 bridgehead atoms. The topological polar surface area (TPSA) is 79.9 Å². The van der Waals surface area contributed by atoms with Crippen molar-refractivity contribution in [1.82, 2.24) is 4.90 Å². The highest BCUT2D eigenvalue weighted by Gasteiger charge is 2.12. The van der Waals surface area contributed by atoms with Crippen molar-refractivity contribution >= 4 is 23.2 Å². The zero-order valence-electron chi connectivity index (χ0n) is 17.7. The third kappa shape index (κ3) is 6.32. The SMILES string of the molecule is COc1ccc(Oc2ccc(C(=O)Nc3ccccc3NC(=O)CN(C)C)cc2)cc1. The molecule has 3 aromatic rings. The maximum Gasteiger partial charge on any atom is 0.255 e. The van der Waals surface area contributed by atoms with Gasteiger partial charge in [-0.15, -0.1) is 0 Å². The summed E-state index contributed by atoms with van der Waals surface area (Å²) in [6, 6.07) is 21.1. The van der Waals surface area contributed by atoms with E-state index in [2.05, 4.69) is 10.6 Å². The van der Waals surface area contributed by atoms with Crippen molar-refractivity contribution in [2.75, 3.05) is 38.4 Å². The van der Waals surface area contributed by atoms with Gasteiger partial charge >= 0.3 is 0 Å². The predicted molar refractivity (Wildman–Crippen MR) is 121 cm³/mol. The number of nitrogens with one attached hydrogen (secondary N) is 2. The molecule has 0 heterocycles. The molecule has 0 atom stereocenters. The molecule has 2 amide bonds. The van der Waals surface area contributed by atoms with E-state index in [1.807, 2.05) is 26.2 Å². The zero-order valence-corrected chi connectivity index (χ0v) is 17.7. The van der Waals surface area contributed by atoms with Crippen LogP contribution in [-0.4, -0.2) is 44.5 Å². The van der Waals surface area contributed by atoms with Gasteiger partial charge in [0.1, 0.15) is 17.2 Å². The second-order valence-electron chi connectivity index (χ2n) is 7.09. The molecule has 0 unspecified atom stereocenters. The number of anilines is 2. The second kappa shape index (κ2) is 10.3. The molecule has 0 spiro atoms. The Balaban J connectivity index is 1.65. The first kappa shape index (κ1) is 21.9. The number of hydrogen-bond acceptors (Lipinski definition) is 5. The Bertz CT molecular complexity index is 1030. The number of carbonyl (C=O) groups is 2. The van der Waals surface area contributed by atoms with Crippen LogP contribution in [0.15, 0.2) is 72.8 Å². The number of likely N-dealkylation sites (N-methyl/N-ethyl adjacent to an activating group) is 1. The summed E-state index contributed by atoms with van der Waals surface area (Å²) in [4.78, 5) is 26.5. The fourth-order valence-corrected chi connectivity index (χ4v) is 2.83.